The van der Waals surface area contributed by atoms with Gasteiger partial charge in [0.1, 0.15) is 30.5 Å². The summed E-state index contributed by atoms with van der Waals surface area (Å²) in [5, 5.41) is 42.9. The van der Waals surface area contributed by atoms with Gasteiger partial charge in [0, 0.05) is 31.7 Å². The zero-order chi connectivity index (χ0) is 20.8. The smallest absolute Gasteiger partial charge is 0.176 e. The Kier molecular flexibility index (Phi) is 9.40. The van der Waals surface area contributed by atoms with Gasteiger partial charge in [0.25, 0.3) is 0 Å². The molecule has 10 atom stereocenters. The molecule has 0 radical (unpaired) electrons. The van der Waals surface area contributed by atoms with Crippen molar-refractivity contribution in [1.82, 2.24) is 5.32 Å². The number of hydrogen-bond donors (Lipinski definition) is 9. The van der Waals surface area contributed by atoms with Gasteiger partial charge in [-0.2, -0.15) is 0 Å². The molecule has 2 rings (SSSR count). The zero-order valence-corrected chi connectivity index (χ0v) is 15.8. The molecule has 1 aliphatic heterocycles. The van der Waals surface area contributed by atoms with Crippen molar-refractivity contribution in [3.8, 4) is 0 Å². The maximum Gasteiger partial charge on any atom is 0.176 e. The molecular formula is C16H35N5O7. The van der Waals surface area contributed by atoms with E-state index < -0.39 is 67.6 Å². The van der Waals surface area contributed by atoms with Gasteiger partial charge in [0.2, 0.25) is 0 Å². The summed E-state index contributed by atoms with van der Waals surface area (Å²) in [6.07, 6.45) is -7.33. The zero-order valence-electron chi connectivity index (χ0n) is 15.8. The van der Waals surface area contributed by atoms with Gasteiger partial charge in [-0.25, -0.2) is 0 Å². The molecule has 166 valence electrons. The van der Waals surface area contributed by atoms with Crippen LogP contribution >= 0.6 is 0 Å². The predicted octanol–water partition coefficient (Wildman–Crippen LogP) is -5.51. The highest BCUT2D eigenvalue weighted by Gasteiger charge is 2.48. The molecule has 0 aromatic rings. The third-order valence-corrected chi connectivity index (χ3v) is 5.20. The van der Waals surface area contributed by atoms with E-state index in [2.05, 4.69) is 5.32 Å². The van der Waals surface area contributed by atoms with Crippen LogP contribution in [0, 0.1) is 0 Å². The van der Waals surface area contributed by atoms with Crippen LogP contribution in [-0.4, -0.2) is 114 Å². The molecule has 0 amide bonds. The first-order valence-electron chi connectivity index (χ1n) is 9.56. The molecule has 1 saturated carbocycles. The highest BCUT2D eigenvalue weighted by Crippen LogP contribution is 2.28. The van der Waals surface area contributed by atoms with Crippen molar-refractivity contribution in [2.45, 2.75) is 67.5 Å². The summed E-state index contributed by atoms with van der Waals surface area (Å²) < 4.78 is 17.2. The van der Waals surface area contributed by atoms with Crippen LogP contribution in [-0.2, 0) is 14.2 Å². The Morgan fingerprint density at radius 3 is 2.32 bits per heavy atom. The number of nitrogens with one attached hydrogen (secondary N) is 1. The monoisotopic (exact) mass is 409 g/mol. The molecule has 28 heavy (non-hydrogen) atoms. The first-order valence-corrected chi connectivity index (χ1v) is 9.56. The van der Waals surface area contributed by atoms with Crippen molar-refractivity contribution < 1.29 is 34.6 Å². The molecular weight excluding hydrogens is 374 g/mol. The highest BCUT2D eigenvalue weighted by molar-refractivity contribution is 5.00. The summed E-state index contributed by atoms with van der Waals surface area (Å²) in [6.45, 7) is 1.36. The lowest BCUT2D eigenvalue weighted by Crippen LogP contribution is -2.67. The molecule has 1 saturated heterocycles. The Hall–Kier alpha value is -0.480. The number of ether oxygens (including phenoxy) is 3. The largest absolute Gasteiger partial charge is 0.394 e. The van der Waals surface area contributed by atoms with E-state index in [1.807, 2.05) is 0 Å². The van der Waals surface area contributed by atoms with Gasteiger partial charge >= 0.3 is 0 Å². The molecule has 2 aliphatic rings. The van der Waals surface area contributed by atoms with Crippen LogP contribution in [0.5, 0.6) is 0 Å². The average Bonchev–Trinajstić information content (AvgIpc) is 2.67. The van der Waals surface area contributed by atoms with Crippen LogP contribution in [0.15, 0.2) is 0 Å². The van der Waals surface area contributed by atoms with Crippen molar-refractivity contribution >= 4 is 0 Å². The standard InChI is InChI=1S/C16H35N5O7/c17-1-2-21-3-4-26-15-11(23)7(18)5-8(19)14(15)28-16-10(20)13(25)12(24)9(6-22)27-16/h7-16,21-25H,1-6,17-20H2/t7-,8+,9+,10+,11+,12+,13+,14-,15-,16+/m0/s1. The van der Waals surface area contributed by atoms with E-state index in [4.69, 9.17) is 37.1 Å². The first kappa shape index (κ1) is 23.8. The average molecular weight is 409 g/mol. The van der Waals surface area contributed by atoms with Gasteiger partial charge in [0.05, 0.1) is 25.4 Å². The van der Waals surface area contributed by atoms with E-state index in [1.54, 1.807) is 0 Å². The van der Waals surface area contributed by atoms with Crippen molar-refractivity contribution in [3.63, 3.8) is 0 Å². The fraction of sp³-hybridized carbons (Fsp3) is 1.00. The van der Waals surface area contributed by atoms with E-state index in [1.165, 1.54) is 0 Å². The van der Waals surface area contributed by atoms with E-state index >= 15 is 0 Å². The lowest BCUT2D eigenvalue weighted by atomic mass is 9.84. The number of nitrogens with two attached hydrogens (primary N) is 4. The lowest BCUT2D eigenvalue weighted by Gasteiger charge is -2.46. The van der Waals surface area contributed by atoms with Crippen molar-refractivity contribution in [2.24, 2.45) is 22.9 Å². The Morgan fingerprint density at radius 2 is 1.68 bits per heavy atom. The quantitative estimate of drug-likeness (QED) is 0.163. The number of aliphatic hydroxyl groups excluding tert-OH is 4. The van der Waals surface area contributed by atoms with Gasteiger partial charge < -0.3 is 62.9 Å². The van der Waals surface area contributed by atoms with E-state index in [0.29, 0.717) is 19.6 Å². The Morgan fingerprint density at radius 1 is 0.964 bits per heavy atom. The van der Waals surface area contributed by atoms with Crippen molar-refractivity contribution in [2.75, 3.05) is 32.8 Å². The number of hydrogen-bond acceptors (Lipinski definition) is 12. The third-order valence-electron chi connectivity index (χ3n) is 5.20. The maximum atomic E-state index is 10.5. The minimum Gasteiger partial charge on any atom is -0.394 e. The Balaban J connectivity index is 2.05. The summed E-state index contributed by atoms with van der Waals surface area (Å²) in [4.78, 5) is 0. The Labute approximate surface area is 164 Å². The maximum absolute atomic E-state index is 10.5. The second-order valence-electron chi connectivity index (χ2n) is 7.31. The van der Waals surface area contributed by atoms with Crippen molar-refractivity contribution in [3.05, 3.63) is 0 Å². The normalized spacial score (nSPS) is 44.6. The predicted molar refractivity (Wildman–Crippen MR) is 98.8 cm³/mol. The molecule has 0 aromatic heterocycles. The molecule has 0 spiro atoms. The number of aliphatic hydroxyl groups is 4. The summed E-state index contributed by atoms with van der Waals surface area (Å²) >= 11 is 0. The van der Waals surface area contributed by atoms with Crippen molar-refractivity contribution in [1.29, 1.82) is 0 Å². The van der Waals surface area contributed by atoms with Gasteiger partial charge in [-0.05, 0) is 6.42 Å². The van der Waals surface area contributed by atoms with Crippen LogP contribution in [0.25, 0.3) is 0 Å². The molecule has 13 N–H and O–H groups in total. The van der Waals surface area contributed by atoms with Crippen LogP contribution in [0.1, 0.15) is 6.42 Å². The van der Waals surface area contributed by atoms with Gasteiger partial charge in [-0.3, -0.25) is 0 Å². The van der Waals surface area contributed by atoms with Crippen LogP contribution in [0.4, 0.5) is 0 Å². The van der Waals surface area contributed by atoms with Gasteiger partial charge in [-0.15, -0.1) is 0 Å². The highest BCUT2D eigenvalue weighted by atomic mass is 16.7. The van der Waals surface area contributed by atoms with Gasteiger partial charge in [0.15, 0.2) is 6.29 Å². The summed E-state index contributed by atoms with van der Waals surface area (Å²) in [6, 6.07) is -2.24. The molecule has 0 aromatic carbocycles. The fourth-order valence-corrected chi connectivity index (χ4v) is 3.52. The summed E-state index contributed by atoms with van der Waals surface area (Å²) in [5.74, 6) is 0. The molecule has 1 aliphatic carbocycles. The fourth-order valence-electron chi connectivity index (χ4n) is 3.52. The van der Waals surface area contributed by atoms with Crippen LogP contribution in [0.2, 0.25) is 0 Å². The van der Waals surface area contributed by atoms with Crippen LogP contribution < -0.4 is 28.3 Å². The van der Waals surface area contributed by atoms with E-state index in [-0.39, 0.29) is 13.0 Å². The summed E-state index contributed by atoms with van der Waals surface area (Å²) in [7, 11) is 0. The minimum atomic E-state index is -1.36. The molecule has 2 fully saturated rings. The van der Waals surface area contributed by atoms with Gasteiger partial charge in [-0.1, -0.05) is 0 Å². The minimum absolute atomic E-state index is 0.263. The summed E-state index contributed by atoms with van der Waals surface area (Å²) in [5.41, 5.74) is 23.5. The molecule has 1 heterocycles. The van der Waals surface area contributed by atoms with Crippen LogP contribution in [0.3, 0.4) is 0 Å². The molecule has 0 unspecified atom stereocenters. The van der Waals surface area contributed by atoms with E-state index in [0.717, 1.165) is 0 Å². The Bertz CT molecular complexity index is 463. The lowest BCUT2D eigenvalue weighted by molar-refractivity contribution is -0.296. The molecule has 0 bridgehead atoms. The second-order valence-corrected chi connectivity index (χ2v) is 7.31. The topological polar surface area (TPSA) is 225 Å². The SMILES string of the molecule is NCCNCCO[C@H]1[C@H](O)[C@@H](N)C[C@@H](N)[C@@H]1O[C@H]1O[C@H](CO)[C@@H](O)[C@H](O)[C@H]1N. The molecule has 12 heteroatoms. The second kappa shape index (κ2) is 11.1. The van der Waals surface area contributed by atoms with E-state index in [9.17, 15) is 20.4 Å². The first-order chi connectivity index (χ1) is 13.3. The third kappa shape index (κ3) is 5.56. The number of rotatable bonds is 9. The molecule has 12 nitrogen and oxygen atoms in total.